The molecule has 0 saturated carbocycles. The zero-order chi connectivity index (χ0) is 17.8. The van der Waals surface area contributed by atoms with Crippen molar-refractivity contribution in [2.75, 3.05) is 6.61 Å². The second-order valence-corrected chi connectivity index (χ2v) is 6.76. The van der Waals surface area contributed by atoms with Crippen LogP contribution in [0, 0.1) is 0 Å². The molecule has 0 atom stereocenters. The minimum Gasteiger partial charge on any atom is -0.490 e. The molecule has 0 saturated heterocycles. The first kappa shape index (κ1) is 17.2. The van der Waals surface area contributed by atoms with Crippen molar-refractivity contribution in [1.82, 2.24) is 0 Å². The molecule has 0 amide bonds. The first-order valence-electron chi connectivity index (χ1n) is 8.76. The summed E-state index contributed by atoms with van der Waals surface area (Å²) in [5, 5.41) is 0. The van der Waals surface area contributed by atoms with Gasteiger partial charge in [0.15, 0.2) is 5.78 Å². The van der Waals surface area contributed by atoms with Crippen LogP contribution in [0.15, 0.2) is 65.8 Å². The van der Waals surface area contributed by atoms with Gasteiger partial charge in [0, 0.05) is 11.1 Å². The lowest BCUT2D eigenvalue weighted by molar-refractivity contribution is 0.104. The molecule has 128 valence electrons. The van der Waals surface area contributed by atoms with E-state index >= 15 is 0 Å². The van der Waals surface area contributed by atoms with Crippen LogP contribution in [-0.2, 0) is 0 Å². The van der Waals surface area contributed by atoms with Crippen LogP contribution in [0.1, 0.15) is 49.5 Å². The number of ketones is 1. The Bertz CT molecular complexity index is 852. The third-order valence-electron chi connectivity index (χ3n) is 4.47. The van der Waals surface area contributed by atoms with Crippen LogP contribution in [0.4, 0.5) is 0 Å². The fourth-order valence-electron chi connectivity index (χ4n) is 3.07. The lowest BCUT2D eigenvalue weighted by Crippen LogP contribution is -1.98. The molecule has 0 radical (unpaired) electrons. The van der Waals surface area contributed by atoms with Gasteiger partial charge >= 0.3 is 0 Å². The van der Waals surface area contributed by atoms with Crippen LogP contribution in [0.5, 0.6) is 5.75 Å². The first-order valence-corrected chi connectivity index (χ1v) is 8.76. The number of carbonyl (C=O) groups is 1. The predicted molar refractivity (Wildman–Crippen MR) is 103 cm³/mol. The third-order valence-corrected chi connectivity index (χ3v) is 4.47. The summed E-state index contributed by atoms with van der Waals surface area (Å²) < 4.78 is 5.83. The molecule has 3 rings (SSSR count). The van der Waals surface area contributed by atoms with Gasteiger partial charge in [-0.15, -0.1) is 0 Å². The van der Waals surface area contributed by atoms with Crippen LogP contribution in [0.3, 0.4) is 0 Å². The summed E-state index contributed by atoms with van der Waals surface area (Å²) in [7, 11) is 0. The van der Waals surface area contributed by atoms with Crippen molar-refractivity contribution in [3.63, 3.8) is 0 Å². The summed E-state index contributed by atoms with van der Waals surface area (Å²) in [4.78, 5) is 12.5. The molecule has 0 fully saturated rings. The summed E-state index contributed by atoms with van der Waals surface area (Å²) in [5.41, 5.74) is 6.22. The highest BCUT2D eigenvalue weighted by Crippen LogP contribution is 2.38. The molecule has 0 N–H and O–H groups in total. The maximum absolute atomic E-state index is 12.5. The second kappa shape index (κ2) is 7.52. The van der Waals surface area contributed by atoms with E-state index in [1.807, 2.05) is 42.5 Å². The maximum atomic E-state index is 12.5. The van der Waals surface area contributed by atoms with Gasteiger partial charge in [0.25, 0.3) is 0 Å². The molecule has 1 aliphatic rings. The number of benzene rings is 2. The Morgan fingerprint density at radius 2 is 1.64 bits per heavy atom. The van der Waals surface area contributed by atoms with Crippen LogP contribution < -0.4 is 4.74 Å². The van der Waals surface area contributed by atoms with Gasteiger partial charge in [-0.05, 0) is 69.0 Å². The maximum Gasteiger partial charge on any atom is 0.194 e. The van der Waals surface area contributed by atoms with Gasteiger partial charge in [0.05, 0.1) is 0 Å². The molecule has 0 aromatic heterocycles. The van der Waals surface area contributed by atoms with E-state index in [-0.39, 0.29) is 5.78 Å². The van der Waals surface area contributed by atoms with E-state index in [1.165, 1.54) is 11.1 Å². The minimum atomic E-state index is 0.0875. The number of carbonyl (C=O) groups excluding carboxylic acids is 1. The Morgan fingerprint density at radius 3 is 2.40 bits per heavy atom. The number of allylic oxidation sites excluding steroid dienone is 3. The van der Waals surface area contributed by atoms with Crippen molar-refractivity contribution in [2.24, 2.45) is 0 Å². The van der Waals surface area contributed by atoms with Crippen LogP contribution in [0.2, 0.25) is 0 Å². The normalized spacial score (nSPS) is 12.6. The second-order valence-electron chi connectivity index (χ2n) is 6.76. The van der Waals surface area contributed by atoms with Crippen LogP contribution >= 0.6 is 0 Å². The van der Waals surface area contributed by atoms with Crippen molar-refractivity contribution < 1.29 is 9.53 Å². The molecule has 2 aromatic carbocycles. The molecule has 0 spiro atoms. The minimum absolute atomic E-state index is 0.0875. The highest BCUT2D eigenvalue weighted by Gasteiger charge is 2.26. The largest absolute Gasteiger partial charge is 0.490 e. The zero-order valence-electron chi connectivity index (χ0n) is 15.1. The summed E-state index contributed by atoms with van der Waals surface area (Å²) in [6.07, 6.45) is 6.48. The fraction of sp³-hybridized carbons (Fsp3) is 0.261. The smallest absolute Gasteiger partial charge is 0.194 e. The molecule has 1 aliphatic carbocycles. The van der Waals surface area contributed by atoms with Crippen LogP contribution in [-0.4, -0.2) is 12.4 Å². The van der Waals surface area contributed by atoms with Gasteiger partial charge in [-0.2, -0.15) is 0 Å². The van der Waals surface area contributed by atoms with E-state index in [0.717, 1.165) is 40.8 Å². The molecule has 0 aliphatic heterocycles. The Hall–Kier alpha value is -2.61. The predicted octanol–water partition coefficient (Wildman–Crippen LogP) is 5.97. The van der Waals surface area contributed by atoms with E-state index in [9.17, 15) is 4.79 Å². The van der Waals surface area contributed by atoms with E-state index in [2.05, 4.69) is 32.9 Å². The highest BCUT2D eigenvalue weighted by atomic mass is 16.5. The Balaban J connectivity index is 1.65. The first-order chi connectivity index (χ1) is 12.1. The van der Waals surface area contributed by atoms with Gasteiger partial charge in [-0.1, -0.05) is 41.5 Å². The van der Waals surface area contributed by atoms with E-state index in [4.69, 9.17) is 4.74 Å². The quantitative estimate of drug-likeness (QED) is 0.520. The average Bonchev–Trinajstić information content (AvgIpc) is 2.88. The molecule has 2 heteroatoms. The Labute approximate surface area is 149 Å². The van der Waals surface area contributed by atoms with Gasteiger partial charge in [-0.3, -0.25) is 4.79 Å². The number of ether oxygens (including phenoxy) is 1. The topological polar surface area (TPSA) is 26.3 Å². The Kier molecular flexibility index (Phi) is 5.18. The summed E-state index contributed by atoms with van der Waals surface area (Å²) in [6, 6.07) is 13.6. The number of hydrogen-bond acceptors (Lipinski definition) is 2. The molecule has 2 nitrogen and oxygen atoms in total. The van der Waals surface area contributed by atoms with Crippen molar-refractivity contribution in [3.8, 4) is 16.9 Å². The van der Waals surface area contributed by atoms with E-state index < -0.39 is 0 Å². The molecular weight excluding hydrogens is 308 g/mol. The standard InChI is InChI=1S/C23H24O2/c1-16(2)7-6-8-17(3)13-14-25-18-11-12-20-19-9-4-5-10-21(19)23(24)22(20)15-18/h4-5,7,9-13,15H,6,8,14H2,1-3H3/b17-13+. The lowest BCUT2D eigenvalue weighted by atomic mass is 10.1. The molecule has 0 unspecified atom stereocenters. The highest BCUT2D eigenvalue weighted by molar-refractivity contribution is 6.21. The Morgan fingerprint density at radius 1 is 0.920 bits per heavy atom. The summed E-state index contributed by atoms with van der Waals surface area (Å²) in [6.45, 7) is 6.90. The third kappa shape index (κ3) is 3.90. The van der Waals surface area contributed by atoms with Gasteiger partial charge in [0.2, 0.25) is 0 Å². The van der Waals surface area contributed by atoms with E-state index in [0.29, 0.717) is 6.61 Å². The number of hydrogen-bond donors (Lipinski definition) is 0. The molecule has 0 bridgehead atoms. The SMILES string of the molecule is CC(C)=CCC/C(C)=C/COc1ccc2c(c1)C(=O)c1ccccc1-2. The average molecular weight is 332 g/mol. The molecule has 25 heavy (non-hydrogen) atoms. The van der Waals surface area contributed by atoms with Gasteiger partial charge in [-0.25, -0.2) is 0 Å². The monoisotopic (exact) mass is 332 g/mol. The lowest BCUT2D eigenvalue weighted by Gasteiger charge is -2.07. The summed E-state index contributed by atoms with van der Waals surface area (Å²) >= 11 is 0. The van der Waals surface area contributed by atoms with Gasteiger partial charge < -0.3 is 4.74 Å². The molecular formula is C23H24O2. The number of rotatable bonds is 6. The van der Waals surface area contributed by atoms with Crippen molar-refractivity contribution in [3.05, 3.63) is 76.9 Å². The van der Waals surface area contributed by atoms with Gasteiger partial charge in [0.1, 0.15) is 12.4 Å². The van der Waals surface area contributed by atoms with Crippen LogP contribution in [0.25, 0.3) is 11.1 Å². The molecule has 2 aromatic rings. The molecule has 0 heterocycles. The zero-order valence-corrected chi connectivity index (χ0v) is 15.1. The fourth-order valence-corrected chi connectivity index (χ4v) is 3.07. The van der Waals surface area contributed by atoms with Crippen molar-refractivity contribution in [1.29, 1.82) is 0 Å². The summed E-state index contributed by atoms with van der Waals surface area (Å²) in [5.74, 6) is 0.831. The van der Waals surface area contributed by atoms with E-state index in [1.54, 1.807) is 0 Å². The van der Waals surface area contributed by atoms with Crippen molar-refractivity contribution >= 4 is 5.78 Å². The van der Waals surface area contributed by atoms with Crippen molar-refractivity contribution in [2.45, 2.75) is 33.6 Å². The number of fused-ring (bicyclic) bond motifs is 3.